The highest BCUT2D eigenvalue weighted by molar-refractivity contribution is 8.00. The first-order chi connectivity index (χ1) is 17.2. The van der Waals surface area contributed by atoms with Crippen LogP contribution in [0.1, 0.15) is 51.4 Å². The quantitative estimate of drug-likeness (QED) is 0.112. The first-order valence-electron chi connectivity index (χ1n) is 12.3. The minimum absolute atomic E-state index is 0.0497. The molecule has 13 heteroatoms. The summed E-state index contributed by atoms with van der Waals surface area (Å²) in [6.07, 6.45) is 6.37. The predicted molar refractivity (Wildman–Crippen MR) is 131 cm³/mol. The highest BCUT2D eigenvalue weighted by Crippen LogP contribution is 2.33. The molecule has 0 unspecified atom stereocenters. The number of urea groups is 1. The number of carboxylic acid groups (broad SMARTS) is 1. The van der Waals surface area contributed by atoms with Gasteiger partial charge >= 0.3 is 12.0 Å². The van der Waals surface area contributed by atoms with Crippen molar-refractivity contribution in [1.82, 2.24) is 26.2 Å². The number of carbonyl (C=O) groups excluding carboxylic acids is 5. The number of nitrogens with zero attached hydrogens (tertiary/aromatic N) is 1. The number of imide groups is 1. The number of rotatable bonds is 15. The second-order valence-corrected chi connectivity index (χ2v) is 10.4. The normalized spacial score (nSPS) is 23.3. The fraction of sp³-hybridized carbons (Fsp3) is 0.652. The molecule has 0 aromatic rings. The van der Waals surface area contributed by atoms with Gasteiger partial charge in [0.25, 0.3) is 11.8 Å². The molecule has 0 saturated carbocycles. The largest absolute Gasteiger partial charge is 0.480 e. The number of thioether (sulfide) groups is 1. The molecule has 0 bridgehead atoms. The van der Waals surface area contributed by atoms with Crippen molar-refractivity contribution >= 4 is 47.4 Å². The molecule has 3 aliphatic rings. The molecule has 5 N–H and O–H groups in total. The molecule has 3 aliphatic heterocycles. The van der Waals surface area contributed by atoms with E-state index in [2.05, 4.69) is 21.3 Å². The SMILES string of the molecule is O=C(CCCC[C@@H]1SC[C@@H]2NC(=O)N[C@H]21)NCCCC[C@@H](NC(=O)CCN1C(=O)C=CC1=O)C(=O)O. The Hall–Kier alpha value is -3.09. The van der Waals surface area contributed by atoms with Crippen LogP contribution >= 0.6 is 11.8 Å². The van der Waals surface area contributed by atoms with E-state index in [1.165, 1.54) is 0 Å². The number of aliphatic carboxylic acids is 1. The zero-order chi connectivity index (χ0) is 26.1. The van der Waals surface area contributed by atoms with Crippen molar-refractivity contribution in [3.05, 3.63) is 12.2 Å². The van der Waals surface area contributed by atoms with Crippen LogP contribution in [0, 0.1) is 0 Å². The van der Waals surface area contributed by atoms with E-state index in [1.807, 2.05) is 11.8 Å². The van der Waals surface area contributed by atoms with E-state index in [1.54, 1.807) is 0 Å². The summed E-state index contributed by atoms with van der Waals surface area (Å²) in [5.41, 5.74) is 0. The summed E-state index contributed by atoms with van der Waals surface area (Å²) in [6.45, 7) is 0.314. The van der Waals surface area contributed by atoms with Crippen LogP contribution in [-0.2, 0) is 24.0 Å². The van der Waals surface area contributed by atoms with Crippen LogP contribution < -0.4 is 21.3 Å². The zero-order valence-corrected chi connectivity index (χ0v) is 20.8. The predicted octanol–water partition coefficient (Wildman–Crippen LogP) is -0.117. The van der Waals surface area contributed by atoms with Gasteiger partial charge in [-0.1, -0.05) is 6.42 Å². The third kappa shape index (κ3) is 7.97. The van der Waals surface area contributed by atoms with Crippen molar-refractivity contribution < 1.29 is 33.9 Å². The summed E-state index contributed by atoms with van der Waals surface area (Å²) in [5.74, 6) is -1.84. The summed E-state index contributed by atoms with van der Waals surface area (Å²) < 4.78 is 0. The summed E-state index contributed by atoms with van der Waals surface area (Å²) in [5, 5.41) is 20.9. The lowest BCUT2D eigenvalue weighted by Crippen LogP contribution is -2.42. The van der Waals surface area contributed by atoms with E-state index in [0.29, 0.717) is 31.1 Å². The maximum absolute atomic E-state index is 12.1. The molecule has 3 rings (SSSR count). The maximum atomic E-state index is 12.1. The molecule has 2 saturated heterocycles. The van der Waals surface area contributed by atoms with Crippen molar-refractivity contribution in [2.45, 2.75) is 74.7 Å². The van der Waals surface area contributed by atoms with Crippen molar-refractivity contribution in [2.24, 2.45) is 0 Å². The van der Waals surface area contributed by atoms with Crippen molar-refractivity contribution in [2.75, 3.05) is 18.8 Å². The van der Waals surface area contributed by atoms with Gasteiger partial charge in [0.05, 0.1) is 12.1 Å². The number of unbranched alkanes of at least 4 members (excludes halogenated alkanes) is 2. The van der Waals surface area contributed by atoms with Gasteiger partial charge in [-0.25, -0.2) is 9.59 Å². The molecule has 4 atom stereocenters. The van der Waals surface area contributed by atoms with Crippen molar-refractivity contribution in [3.63, 3.8) is 0 Å². The van der Waals surface area contributed by atoms with Crippen LogP contribution in [-0.4, -0.2) is 87.9 Å². The molecule has 36 heavy (non-hydrogen) atoms. The lowest BCUT2D eigenvalue weighted by Gasteiger charge is -2.17. The van der Waals surface area contributed by atoms with Crippen LogP contribution in [0.3, 0.4) is 0 Å². The molecule has 198 valence electrons. The van der Waals surface area contributed by atoms with Crippen LogP contribution in [0.5, 0.6) is 0 Å². The number of fused-ring (bicyclic) bond motifs is 1. The Labute approximate surface area is 213 Å². The Balaban J connectivity index is 1.21. The molecule has 6 amide bonds. The van der Waals surface area contributed by atoms with Gasteiger partial charge in [0.15, 0.2) is 0 Å². The maximum Gasteiger partial charge on any atom is 0.326 e. The summed E-state index contributed by atoms with van der Waals surface area (Å²) in [4.78, 5) is 70.9. The molecule has 2 fully saturated rings. The van der Waals surface area contributed by atoms with Crippen LogP contribution in [0.15, 0.2) is 12.2 Å². The summed E-state index contributed by atoms with van der Waals surface area (Å²) in [7, 11) is 0. The first kappa shape index (κ1) is 27.5. The Kier molecular flexibility index (Phi) is 10.1. The Bertz CT molecular complexity index is 893. The average Bonchev–Trinajstić information content (AvgIpc) is 3.48. The lowest BCUT2D eigenvalue weighted by atomic mass is 10.0. The highest BCUT2D eigenvalue weighted by Gasteiger charge is 2.42. The number of carboxylic acids is 1. The summed E-state index contributed by atoms with van der Waals surface area (Å²) in [6, 6.07) is -0.804. The number of hydrogen-bond acceptors (Lipinski definition) is 7. The topological polar surface area (TPSA) is 174 Å². The number of carbonyl (C=O) groups is 6. The van der Waals surface area contributed by atoms with Gasteiger partial charge in [-0.15, -0.1) is 0 Å². The average molecular weight is 524 g/mol. The van der Waals surface area contributed by atoms with E-state index in [0.717, 1.165) is 42.1 Å². The van der Waals surface area contributed by atoms with Crippen molar-refractivity contribution in [3.8, 4) is 0 Å². The van der Waals surface area contributed by atoms with E-state index in [-0.39, 0.29) is 43.4 Å². The van der Waals surface area contributed by atoms with Gasteiger partial charge in [-0.2, -0.15) is 11.8 Å². The van der Waals surface area contributed by atoms with Gasteiger partial charge in [0.2, 0.25) is 11.8 Å². The molecule has 0 aromatic heterocycles. The first-order valence-corrected chi connectivity index (χ1v) is 13.3. The Morgan fingerprint density at radius 2 is 1.78 bits per heavy atom. The summed E-state index contributed by atoms with van der Waals surface area (Å²) >= 11 is 1.85. The molecule has 3 heterocycles. The van der Waals surface area contributed by atoms with Crippen LogP contribution in [0.25, 0.3) is 0 Å². The molecular formula is C23H33N5O7S. The second-order valence-electron chi connectivity index (χ2n) is 9.08. The second kappa shape index (κ2) is 13.3. The van der Waals surface area contributed by atoms with Crippen LogP contribution in [0.2, 0.25) is 0 Å². The highest BCUT2D eigenvalue weighted by atomic mass is 32.2. The molecule has 0 spiro atoms. The fourth-order valence-electron chi connectivity index (χ4n) is 4.45. The van der Waals surface area contributed by atoms with Gasteiger partial charge in [0, 0.05) is 49.1 Å². The monoisotopic (exact) mass is 523 g/mol. The van der Waals surface area contributed by atoms with E-state index in [4.69, 9.17) is 0 Å². The van der Waals surface area contributed by atoms with E-state index < -0.39 is 29.7 Å². The van der Waals surface area contributed by atoms with E-state index in [9.17, 15) is 33.9 Å². The number of nitrogens with one attached hydrogen (secondary N) is 4. The molecule has 12 nitrogen and oxygen atoms in total. The zero-order valence-electron chi connectivity index (χ0n) is 20.0. The minimum Gasteiger partial charge on any atom is -0.480 e. The Morgan fingerprint density at radius 1 is 1.03 bits per heavy atom. The van der Waals surface area contributed by atoms with Gasteiger partial charge < -0.3 is 26.4 Å². The molecular weight excluding hydrogens is 490 g/mol. The Morgan fingerprint density at radius 3 is 2.50 bits per heavy atom. The third-order valence-electron chi connectivity index (χ3n) is 6.42. The molecule has 0 aromatic carbocycles. The third-order valence-corrected chi connectivity index (χ3v) is 7.93. The van der Waals surface area contributed by atoms with Gasteiger partial charge in [-0.05, 0) is 32.1 Å². The lowest BCUT2D eigenvalue weighted by molar-refractivity contribution is -0.143. The molecule has 0 radical (unpaired) electrons. The number of hydrogen-bond donors (Lipinski definition) is 5. The van der Waals surface area contributed by atoms with E-state index >= 15 is 0 Å². The standard InChI is InChI=1S/C23H33N5O7S/c29-17(7-2-1-6-16-21-15(13-36-16)26-23(35)27-21)24-11-4-3-5-14(22(33)34)25-18(30)10-12-28-19(31)8-9-20(28)32/h8-9,14-16,21H,1-7,10-13H2,(H,24,29)(H,25,30)(H,33,34)(H2,26,27,35)/t14-,15+,16+,21-/m1/s1. The van der Waals surface area contributed by atoms with Gasteiger partial charge in [-0.3, -0.25) is 24.1 Å². The number of amides is 6. The van der Waals surface area contributed by atoms with Crippen molar-refractivity contribution in [1.29, 1.82) is 0 Å². The fourth-order valence-corrected chi connectivity index (χ4v) is 6.00. The molecule has 0 aliphatic carbocycles. The van der Waals surface area contributed by atoms with Gasteiger partial charge in [0.1, 0.15) is 6.04 Å². The smallest absolute Gasteiger partial charge is 0.326 e. The minimum atomic E-state index is -1.16. The van der Waals surface area contributed by atoms with Crippen LogP contribution in [0.4, 0.5) is 4.79 Å².